The number of hydrogen-bond donors (Lipinski definition) is 2. The lowest BCUT2D eigenvalue weighted by atomic mass is 10.0. The van der Waals surface area contributed by atoms with Crippen LogP contribution in [0.3, 0.4) is 0 Å². The maximum absolute atomic E-state index is 12.9. The molecule has 0 spiro atoms. The second kappa shape index (κ2) is 8.73. The van der Waals surface area contributed by atoms with Gasteiger partial charge in [-0.1, -0.05) is 56.0 Å². The number of H-pyrrole nitrogens is 1. The van der Waals surface area contributed by atoms with Gasteiger partial charge in [0.1, 0.15) is 18.2 Å². The maximum Gasteiger partial charge on any atom is 0.252 e. The third-order valence-electron chi connectivity index (χ3n) is 5.29. The molecule has 1 aromatic carbocycles. The Balaban J connectivity index is 1.40. The number of tetrazole rings is 1. The molecule has 3 aromatic rings. The molecule has 1 aliphatic carbocycles. The predicted octanol–water partition coefficient (Wildman–Crippen LogP) is 2.34. The van der Waals surface area contributed by atoms with Crippen LogP contribution in [0.2, 0.25) is 0 Å². The summed E-state index contributed by atoms with van der Waals surface area (Å²) in [6.07, 6.45) is 9.17. The maximum atomic E-state index is 12.9. The molecule has 9 nitrogen and oxygen atoms in total. The molecule has 2 heterocycles. The van der Waals surface area contributed by atoms with Crippen molar-refractivity contribution in [3.05, 3.63) is 48.0 Å². The first kappa shape index (κ1) is 18.3. The van der Waals surface area contributed by atoms with Gasteiger partial charge >= 0.3 is 0 Å². The number of aromatic amines is 1. The van der Waals surface area contributed by atoms with Crippen molar-refractivity contribution in [2.75, 3.05) is 5.32 Å². The van der Waals surface area contributed by atoms with Crippen LogP contribution in [0.5, 0.6) is 0 Å². The van der Waals surface area contributed by atoms with E-state index in [2.05, 4.69) is 36.0 Å². The Kier molecular flexibility index (Phi) is 5.69. The van der Waals surface area contributed by atoms with Crippen molar-refractivity contribution in [3.63, 3.8) is 0 Å². The zero-order valence-corrected chi connectivity index (χ0v) is 15.7. The van der Waals surface area contributed by atoms with E-state index in [1.165, 1.54) is 36.7 Å². The Hall–Kier alpha value is -3.10. The van der Waals surface area contributed by atoms with E-state index in [0.717, 1.165) is 30.1 Å². The zero-order valence-electron chi connectivity index (χ0n) is 15.7. The molecule has 4 rings (SSSR count). The van der Waals surface area contributed by atoms with Gasteiger partial charge in [0, 0.05) is 12.8 Å². The number of anilines is 1. The fourth-order valence-corrected chi connectivity index (χ4v) is 3.75. The molecule has 2 N–H and O–H groups in total. The number of hydrogen-bond acceptors (Lipinski definition) is 6. The van der Waals surface area contributed by atoms with Gasteiger partial charge in [-0.15, -0.1) is 10.2 Å². The predicted molar refractivity (Wildman–Crippen MR) is 102 cm³/mol. The number of aryl methyl sites for hydroxylation is 1. The first-order chi connectivity index (χ1) is 13.8. The summed E-state index contributed by atoms with van der Waals surface area (Å²) in [4.78, 5) is 17.3. The van der Waals surface area contributed by atoms with Crippen molar-refractivity contribution in [1.29, 1.82) is 0 Å². The highest BCUT2D eigenvalue weighted by Gasteiger charge is 2.24. The minimum Gasteiger partial charge on any atom is -0.291 e. The van der Waals surface area contributed by atoms with Crippen LogP contribution in [0.15, 0.2) is 36.7 Å². The highest BCUT2D eigenvalue weighted by molar-refractivity contribution is 5.92. The summed E-state index contributed by atoms with van der Waals surface area (Å²) in [5.41, 5.74) is 1.02. The van der Waals surface area contributed by atoms with Gasteiger partial charge in [0.2, 0.25) is 5.95 Å². The molecule has 1 aliphatic rings. The van der Waals surface area contributed by atoms with Crippen molar-refractivity contribution < 1.29 is 4.79 Å². The van der Waals surface area contributed by atoms with Gasteiger partial charge in [-0.25, -0.2) is 4.68 Å². The smallest absolute Gasteiger partial charge is 0.252 e. The van der Waals surface area contributed by atoms with Gasteiger partial charge < -0.3 is 0 Å². The number of nitrogens with zero attached hydrogens (tertiary/aromatic N) is 6. The van der Waals surface area contributed by atoms with Gasteiger partial charge in [-0.2, -0.15) is 4.98 Å². The molecule has 1 saturated carbocycles. The fraction of sp³-hybridized carbons (Fsp3) is 0.474. The van der Waals surface area contributed by atoms with Crippen molar-refractivity contribution in [2.24, 2.45) is 5.92 Å². The Morgan fingerprint density at radius 1 is 1.25 bits per heavy atom. The highest BCUT2D eigenvalue weighted by atomic mass is 16.2. The molecule has 1 amide bonds. The molecule has 28 heavy (non-hydrogen) atoms. The average Bonchev–Trinajstić information content (AvgIpc) is 3.48. The highest BCUT2D eigenvalue weighted by Crippen LogP contribution is 2.28. The largest absolute Gasteiger partial charge is 0.291 e. The monoisotopic (exact) mass is 380 g/mol. The van der Waals surface area contributed by atoms with Crippen LogP contribution in [0.25, 0.3) is 0 Å². The second-order valence-corrected chi connectivity index (χ2v) is 7.28. The van der Waals surface area contributed by atoms with Crippen LogP contribution in [-0.2, 0) is 17.6 Å². The minimum atomic E-state index is -0.585. The summed E-state index contributed by atoms with van der Waals surface area (Å²) >= 11 is 0. The molecule has 9 heteroatoms. The second-order valence-electron chi connectivity index (χ2n) is 7.28. The third kappa shape index (κ3) is 4.59. The molecule has 2 aromatic heterocycles. The molecule has 0 radical (unpaired) electrons. The lowest BCUT2D eigenvalue weighted by molar-refractivity contribution is -0.119. The van der Waals surface area contributed by atoms with Crippen LogP contribution >= 0.6 is 0 Å². The van der Waals surface area contributed by atoms with E-state index < -0.39 is 6.04 Å². The topological polar surface area (TPSA) is 114 Å². The van der Waals surface area contributed by atoms with Crippen LogP contribution < -0.4 is 5.32 Å². The summed E-state index contributed by atoms with van der Waals surface area (Å²) in [5.74, 6) is 1.64. The summed E-state index contributed by atoms with van der Waals surface area (Å²) in [7, 11) is 0. The fourth-order valence-electron chi connectivity index (χ4n) is 3.75. The van der Waals surface area contributed by atoms with E-state index in [9.17, 15) is 4.79 Å². The molecule has 1 atom stereocenters. The van der Waals surface area contributed by atoms with E-state index in [-0.39, 0.29) is 11.9 Å². The van der Waals surface area contributed by atoms with Gasteiger partial charge in [0.25, 0.3) is 5.91 Å². The quantitative estimate of drug-likeness (QED) is 0.620. The summed E-state index contributed by atoms with van der Waals surface area (Å²) < 4.78 is 1.45. The van der Waals surface area contributed by atoms with E-state index in [1.54, 1.807) is 0 Å². The zero-order chi connectivity index (χ0) is 19.2. The number of rotatable bonds is 8. The van der Waals surface area contributed by atoms with Gasteiger partial charge in [-0.05, 0) is 28.3 Å². The van der Waals surface area contributed by atoms with Crippen molar-refractivity contribution >= 4 is 11.9 Å². The van der Waals surface area contributed by atoms with E-state index in [1.807, 2.05) is 30.3 Å². The number of benzene rings is 1. The molecule has 146 valence electrons. The standard InChI is InChI=1S/C19H24N8O/c28-18(16(27-13-20-25-26-27)12-15-8-2-1-3-9-15)22-19-21-17(23-24-19)11-10-14-6-4-5-7-14/h1-3,8-9,13-14,16H,4-7,10-12H2,(H2,21,22,23,24,28)/t16-/m0/s1. The number of nitrogens with one attached hydrogen (secondary N) is 2. The summed E-state index contributed by atoms with van der Waals surface area (Å²) in [5, 5.41) is 21.1. The number of carbonyl (C=O) groups is 1. The molecule has 0 bridgehead atoms. The van der Waals surface area contributed by atoms with Gasteiger partial charge in [0.15, 0.2) is 0 Å². The van der Waals surface area contributed by atoms with E-state index >= 15 is 0 Å². The molecular weight excluding hydrogens is 356 g/mol. The van der Waals surface area contributed by atoms with Crippen LogP contribution in [0, 0.1) is 5.92 Å². The first-order valence-corrected chi connectivity index (χ1v) is 9.76. The molecule has 0 saturated heterocycles. The third-order valence-corrected chi connectivity index (χ3v) is 5.29. The normalized spacial score (nSPS) is 15.6. The Morgan fingerprint density at radius 2 is 2.07 bits per heavy atom. The van der Waals surface area contributed by atoms with Crippen LogP contribution in [0.1, 0.15) is 49.5 Å². The Bertz CT molecular complexity index is 870. The number of aromatic nitrogens is 7. The molecule has 0 unspecified atom stereocenters. The molecule has 0 aliphatic heterocycles. The van der Waals surface area contributed by atoms with Crippen molar-refractivity contribution in [2.45, 2.75) is 51.0 Å². The summed E-state index contributed by atoms with van der Waals surface area (Å²) in [6.45, 7) is 0. The SMILES string of the molecule is O=C(Nc1n[nH]c(CCC2CCCC2)n1)[C@H](Cc1ccccc1)n1cnnn1. The van der Waals surface area contributed by atoms with Crippen molar-refractivity contribution in [1.82, 2.24) is 35.4 Å². The first-order valence-electron chi connectivity index (χ1n) is 9.76. The lowest BCUT2D eigenvalue weighted by Gasteiger charge is -2.15. The average molecular weight is 380 g/mol. The summed E-state index contributed by atoms with van der Waals surface area (Å²) in [6, 6.07) is 9.18. The molecule has 1 fully saturated rings. The lowest BCUT2D eigenvalue weighted by Crippen LogP contribution is -2.28. The number of amides is 1. The van der Waals surface area contributed by atoms with Gasteiger partial charge in [-0.3, -0.25) is 15.2 Å². The molecular formula is C19H24N8O. The minimum absolute atomic E-state index is 0.252. The number of carbonyl (C=O) groups excluding carboxylic acids is 1. The van der Waals surface area contributed by atoms with E-state index in [0.29, 0.717) is 6.42 Å². The van der Waals surface area contributed by atoms with Gasteiger partial charge in [0.05, 0.1) is 0 Å². The van der Waals surface area contributed by atoms with Crippen LogP contribution in [-0.4, -0.2) is 41.3 Å². The van der Waals surface area contributed by atoms with E-state index in [4.69, 9.17) is 0 Å². The van der Waals surface area contributed by atoms with Crippen LogP contribution in [0.4, 0.5) is 5.95 Å². The Labute approximate surface area is 163 Å². The van der Waals surface area contributed by atoms with Crippen molar-refractivity contribution in [3.8, 4) is 0 Å². The Morgan fingerprint density at radius 3 is 2.82 bits per heavy atom.